The van der Waals surface area contributed by atoms with E-state index in [9.17, 15) is 8.78 Å². The third-order valence-corrected chi connectivity index (χ3v) is 3.44. The summed E-state index contributed by atoms with van der Waals surface area (Å²) in [4.78, 5) is 8.36. The van der Waals surface area contributed by atoms with Crippen molar-refractivity contribution in [1.82, 2.24) is 9.97 Å². The first kappa shape index (κ1) is 18.7. The molecular weight excluding hydrogens is 354 g/mol. The number of halogens is 3. The minimum absolute atomic E-state index is 0.0815. The topological polar surface area (TPSA) is 82.3 Å². The summed E-state index contributed by atoms with van der Waals surface area (Å²) in [6.07, 6.45) is 2.99. The summed E-state index contributed by atoms with van der Waals surface area (Å²) in [6, 6.07) is 4.38. The van der Waals surface area contributed by atoms with Crippen LogP contribution in [0.3, 0.4) is 0 Å². The molecule has 0 spiro atoms. The molecule has 0 unspecified atom stereocenters. The predicted octanol–water partition coefficient (Wildman–Crippen LogP) is 3.64. The molecule has 3 N–H and O–H groups in total. The van der Waals surface area contributed by atoms with Gasteiger partial charge in [-0.15, -0.1) is 0 Å². The molecule has 0 bridgehead atoms. The van der Waals surface area contributed by atoms with Gasteiger partial charge in [-0.25, -0.2) is 4.98 Å². The molecule has 1 aromatic heterocycles. The molecule has 0 radical (unpaired) electrons. The van der Waals surface area contributed by atoms with Gasteiger partial charge in [-0.2, -0.15) is 8.78 Å². The molecular formula is C16H17ClF2N4O2. The zero-order valence-electron chi connectivity index (χ0n) is 13.6. The third kappa shape index (κ3) is 5.75. The molecule has 1 aromatic carbocycles. The van der Waals surface area contributed by atoms with Crippen LogP contribution in [0.2, 0.25) is 5.02 Å². The van der Waals surface area contributed by atoms with Crippen molar-refractivity contribution < 1.29 is 18.3 Å². The van der Waals surface area contributed by atoms with Gasteiger partial charge in [-0.05, 0) is 26.0 Å². The van der Waals surface area contributed by atoms with Gasteiger partial charge in [0.15, 0.2) is 0 Å². The van der Waals surface area contributed by atoms with Crippen LogP contribution in [0.25, 0.3) is 0 Å². The van der Waals surface area contributed by atoms with E-state index < -0.39 is 6.61 Å². The van der Waals surface area contributed by atoms with E-state index in [2.05, 4.69) is 20.0 Å². The first-order valence-corrected chi connectivity index (χ1v) is 7.61. The molecule has 9 heteroatoms. The van der Waals surface area contributed by atoms with E-state index in [4.69, 9.17) is 22.1 Å². The molecule has 6 nitrogen and oxygen atoms in total. The van der Waals surface area contributed by atoms with Crippen LogP contribution in [0.4, 0.5) is 14.5 Å². The number of hydrogen-bond acceptors (Lipinski definition) is 6. The number of anilines is 1. The van der Waals surface area contributed by atoms with Crippen molar-refractivity contribution in [2.75, 3.05) is 11.9 Å². The Kier molecular flexibility index (Phi) is 6.35. The Balaban J connectivity index is 1.95. The standard InChI is InChI=1S/C16H17ClF2N4O2/c1-9-10(2)23-15(7-21-9)24-8-11(20)6-22-12-3-4-13(17)14(5-12)25-16(18)19/h3-7,16,22H,8,20H2,1-2H3/b11-6-. The summed E-state index contributed by atoms with van der Waals surface area (Å²) in [5, 5.41) is 2.94. The first-order chi connectivity index (χ1) is 11.8. The minimum Gasteiger partial charge on any atom is -0.470 e. The molecule has 0 fully saturated rings. The van der Waals surface area contributed by atoms with Gasteiger partial charge in [0.05, 0.1) is 28.3 Å². The zero-order chi connectivity index (χ0) is 18.4. The van der Waals surface area contributed by atoms with Gasteiger partial charge in [0, 0.05) is 18.0 Å². The number of benzene rings is 1. The third-order valence-electron chi connectivity index (χ3n) is 3.13. The summed E-state index contributed by atoms with van der Waals surface area (Å²) in [6.45, 7) is 0.802. The Morgan fingerprint density at radius 1 is 1.36 bits per heavy atom. The lowest BCUT2D eigenvalue weighted by Gasteiger charge is -2.10. The van der Waals surface area contributed by atoms with E-state index in [1.807, 2.05) is 13.8 Å². The number of rotatable bonds is 7. The lowest BCUT2D eigenvalue weighted by Crippen LogP contribution is -2.12. The summed E-state index contributed by atoms with van der Waals surface area (Å²) >= 11 is 5.79. The van der Waals surface area contributed by atoms with E-state index in [1.165, 1.54) is 24.5 Å². The van der Waals surface area contributed by atoms with Gasteiger partial charge >= 0.3 is 6.61 Å². The number of hydrogen-bond donors (Lipinski definition) is 2. The molecule has 2 aromatic rings. The fourth-order valence-electron chi connectivity index (χ4n) is 1.74. The maximum absolute atomic E-state index is 12.3. The number of nitrogens with two attached hydrogens (primary N) is 1. The minimum atomic E-state index is -2.96. The molecule has 0 atom stereocenters. The maximum Gasteiger partial charge on any atom is 0.387 e. The van der Waals surface area contributed by atoms with E-state index in [0.717, 1.165) is 11.4 Å². The maximum atomic E-state index is 12.3. The van der Waals surface area contributed by atoms with Crippen LogP contribution in [0.5, 0.6) is 11.6 Å². The molecule has 0 saturated heterocycles. The highest BCUT2D eigenvalue weighted by molar-refractivity contribution is 6.32. The van der Waals surface area contributed by atoms with Crippen molar-refractivity contribution in [3.63, 3.8) is 0 Å². The molecule has 0 aliphatic heterocycles. The van der Waals surface area contributed by atoms with E-state index in [-0.39, 0.29) is 17.4 Å². The Bertz CT molecular complexity index is 772. The average Bonchev–Trinajstić information content (AvgIpc) is 2.56. The zero-order valence-corrected chi connectivity index (χ0v) is 14.3. The highest BCUT2D eigenvalue weighted by Gasteiger charge is 2.09. The largest absolute Gasteiger partial charge is 0.470 e. The summed E-state index contributed by atoms with van der Waals surface area (Å²) in [7, 11) is 0. The normalized spacial score (nSPS) is 11.5. The average molecular weight is 371 g/mol. The van der Waals surface area contributed by atoms with Crippen LogP contribution in [-0.4, -0.2) is 23.2 Å². The molecule has 134 valence electrons. The van der Waals surface area contributed by atoms with Gasteiger partial charge in [0.25, 0.3) is 0 Å². The van der Waals surface area contributed by atoms with Crippen molar-refractivity contribution in [3.05, 3.63) is 52.7 Å². The highest BCUT2D eigenvalue weighted by Crippen LogP contribution is 2.29. The molecule has 25 heavy (non-hydrogen) atoms. The lowest BCUT2D eigenvalue weighted by molar-refractivity contribution is -0.0497. The number of nitrogens with one attached hydrogen (secondary N) is 1. The number of nitrogens with zero attached hydrogens (tertiary/aromatic N) is 2. The number of ether oxygens (including phenoxy) is 2. The van der Waals surface area contributed by atoms with Gasteiger partial charge in [-0.1, -0.05) is 11.6 Å². The van der Waals surface area contributed by atoms with Gasteiger partial charge in [-0.3, -0.25) is 4.98 Å². The summed E-state index contributed by atoms with van der Waals surface area (Å²) in [5.74, 6) is 0.230. The molecule has 1 heterocycles. The second-order valence-corrected chi connectivity index (χ2v) is 5.46. The lowest BCUT2D eigenvalue weighted by atomic mass is 10.3. The van der Waals surface area contributed by atoms with E-state index in [0.29, 0.717) is 17.3 Å². The Morgan fingerprint density at radius 2 is 2.12 bits per heavy atom. The first-order valence-electron chi connectivity index (χ1n) is 7.23. The molecule has 0 aliphatic carbocycles. The van der Waals surface area contributed by atoms with Crippen LogP contribution < -0.4 is 20.5 Å². The molecule has 0 amide bonds. The number of aromatic nitrogens is 2. The van der Waals surface area contributed by atoms with E-state index in [1.54, 1.807) is 6.07 Å². The summed E-state index contributed by atoms with van der Waals surface area (Å²) in [5.41, 5.74) is 8.27. The van der Waals surface area contributed by atoms with E-state index >= 15 is 0 Å². The smallest absolute Gasteiger partial charge is 0.387 e. The van der Waals surface area contributed by atoms with Crippen molar-refractivity contribution in [3.8, 4) is 11.6 Å². The van der Waals surface area contributed by atoms with Crippen molar-refractivity contribution in [2.45, 2.75) is 20.5 Å². The second kappa shape index (κ2) is 8.48. The van der Waals surface area contributed by atoms with Gasteiger partial charge in [0.1, 0.15) is 12.4 Å². The monoisotopic (exact) mass is 370 g/mol. The van der Waals surface area contributed by atoms with Crippen LogP contribution in [0, 0.1) is 13.8 Å². The molecule has 2 rings (SSSR count). The highest BCUT2D eigenvalue weighted by atomic mass is 35.5. The Morgan fingerprint density at radius 3 is 2.80 bits per heavy atom. The quantitative estimate of drug-likeness (QED) is 0.774. The fraction of sp³-hybridized carbons (Fsp3) is 0.250. The molecule has 0 saturated carbocycles. The van der Waals surface area contributed by atoms with Crippen LogP contribution in [-0.2, 0) is 0 Å². The van der Waals surface area contributed by atoms with Gasteiger partial charge < -0.3 is 20.5 Å². The Hall–Kier alpha value is -2.61. The number of alkyl halides is 2. The van der Waals surface area contributed by atoms with Gasteiger partial charge in [0.2, 0.25) is 5.88 Å². The Labute approximate surface area is 148 Å². The van der Waals surface area contributed by atoms with Crippen LogP contribution in [0.15, 0.2) is 36.3 Å². The molecule has 0 aliphatic rings. The van der Waals surface area contributed by atoms with Crippen LogP contribution >= 0.6 is 11.6 Å². The number of aryl methyl sites for hydroxylation is 2. The summed E-state index contributed by atoms with van der Waals surface area (Å²) < 4.78 is 34.4. The fourth-order valence-corrected chi connectivity index (χ4v) is 1.91. The van der Waals surface area contributed by atoms with Crippen molar-refractivity contribution in [1.29, 1.82) is 0 Å². The van der Waals surface area contributed by atoms with Crippen LogP contribution in [0.1, 0.15) is 11.4 Å². The van der Waals surface area contributed by atoms with Crippen molar-refractivity contribution >= 4 is 17.3 Å². The SMILES string of the molecule is Cc1ncc(OC/C(N)=C/Nc2ccc(Cl)c(OC(F)F)c2)nc1C. The van der Waals surface area contributed by atoms with Crippen molar-refractivity contribution in [2.24, 2.45) is 5.73 Å². The predicted molar refractivity (Wildman–Crippen MR) is 91.0 cm³/mol. The second-order valence-electron chi connectivity index (χ2n) is 5.06.